The average Bonchev–Trinajstić information content (AvgIpc) is 2.81. The van der Waals surface area contributed by atoms with Gasteiger partial charge >= 0.3 is 0 Å². The lowest BCUT2D eigenvalue weighted by Gasteiger charge is -2.40. The first-order chi connectivity index (χ1) is 9.41. The van der Waals surface area contributed by atoms with E-state index >= 15 is 0 Å². The van der Waals surface area contributed by atoms with Crippen molar-refractivity contribution in [3.05, 3.63) is 18.0 Å². The summed E-state index contributed by atoms with van der Waals surface area (Å²) in [6.45, 7) is 10.4. The molecule has 0 saturated heterocycles. The molecule has 1 aromatic rings. The molecule has 0 amide bonds. The van der Waals surface area contributed by atoms with Crippen LogP contribution >= 0.6 is 0 Å². The van der Waals surface area contributed by atoms with Crippen molar-refractivity contribution >= 4 is 0 Å². The molecule has 0 radical (unpaired) electrons. The lowest BCUT2D eigenvalue weighted by atomic mass is 9.66. The van der Waals surface area contributed by atoms with Gasteiger partial charge in [0.15, 0.2) is 0 Å². The second-order valence-corrected chi connectivity index (χ2v) is 7.57. The van der Waals surface area contributed by atoms with Crippen LogP contribution in [0, 0.1) is 17.3 Å². The molecule has 0 bridgehead atoms. The van der Waals surface area contributed by atoms with Crippen LogP contribution in [0.1, 0.15) is 58.7 Å². The van der Waals surface area contributed by atoms with Gasteiger partial charge in [-0.1, -0.05) is 13.8 Å². The van der Waals surface area contributed by atoms with Gasteiger partial charge in [-0.3, -0.25) is 4.68 Å². The lowest BCUT2D eigenvalue weighted by molar-refractivity contribution is 0.116. The molecular weight excluding hydrogens is 246 g/mol. The molecule has 0 aliphatic heterocycles. The molecule has 0 aromatic carbocycles. The van der Waals surface area contributed by atoms with E-state index in [1.165, 1.54) is 25.0 Å². The van der Waals surface area contributed by atoms with Crippen molar-refractivity contribution < 1.29 is 0 Å². The van der Waals surface area contributed by atoms with E-state index in [0.717, 1.165) is 24.8 Å². The van der Waals surface area contributed by atoms with Gasteiger partial charge in [-0.2, -0.15) is 5.10 Å². The lowest BCUT2D eigenvalue weighted by Crippen LogP contribution is -2.36. The highest BCUT2D eigenvalue weighted by atomic mass is 15.3. The molecule has 3 nitrogen and oxygen atoms in total. The molecule has 1 aromatic heterocycles. The van der Waals surface area contributed by atoms with Crippen LogP contribution in [0.5, 0.6) is 0 Å². The Morgan fingerprint density at radius 1 is 1.40 bits per heavy atom. The van der Waals surface area contributed by atoms with Gasteiger partial charge in [0, 0.05) is 12.2 Å². The van der Waals surface area contributed by atoms with Gasteiger partial charge in [-0.05, 0) is 76.4 Å². The normalized spacial score (nSPS) is 26.1. The molecule has 114 valence electrons. The Kier molecular flexibility index (Phi) is 4.90. The van der Waals surface area contributed by atoms with E-state index in [-0.39, 0.29) is 0 Å². The van der Waals surface area contributed by atoms with E-state index in [1.807, 2.05) is 0 Å². The number of hydrogen-bond donors (Lipinski definition) is 1. The topological polar surface area (TPSA) is 29.9 Å². The largest absolute Gasteiger partial charge is 0.319 e. The minimum atomic E-state index is 0.458. The standard InChI is InChI=1S/C17H31N3/c1-13(2)20-9-7-16(19-20)10-15-11-17(3,4)8-6-14(15)12-18-5/h7,9,13-15,18H,6,8,10-12H2,1-5H3. The number of rotatable bonds is 5. The molecule has 2 unspecified atom stereocenters. The van der Waals surface area contributed by atoms with E-state index < -0.39 is 0 Å². The summed E-state index contributed by atoms with van der Waals surface area (Å²) in [5.74, 6) is 1.57. The number of nitrogens with one attached hydrogen (secondary N) is 1. The van der Waals surface area contributed by atoms with Crippen molar-refractivity contribution in [3.63, 3.8) is 0 Å². The fraction of sp³-hybridized carbons (Fsp3) is 0.824. The van der Waals surface area contributed by atoms with Gasteiger partial charge in [0.1, 0.15) is 0 Å². The zero-order valence-electron chi connectivity index (χ0n) is 13.8. The highest BCUT2D eigenvalue weighted by Gasteiger charge is 2.34. The van der Waals surface area contributed by atoms with E-state index in [1.54, 1.807) is 0 Å². The van der Waals surface area contributed by atoms with Crippen LogP contribution in [0.4, 0.5) is 0 Å². The number of aromatic nitrogens is 2. The third kappa shape index (κ3) is 3.85. The van der Waals surface area contributed by atoms with Crippen molar-refractivity contribution in [2.75, 3.05) is 13.6 Å². The summed E-state index contributed by atoms with van der Waals surface area (Å²) in [5.41, 5.74) is 1.76. The summed E-state index contributed by atoms with van der Waals surface area (Å²) in [6.07, 6.45) is 7.30. The first kappa shape index (κ1) is 15.6. The highest BCUT2D eigenvalue weighted by Crippen LogP contribution is 2.42. The minimum Gasteiger partial charge on any atom is -0.319 e. The second-order valence-electron chi connectivity index (χ2n) is 7.57. The monoisotopic (exact) mass is 277 g/mol. The van der Waals surface area contributed by atoms with Crippen molar-refractivity contribution in [3.8, 4) is 0 Å². The molecule has 0 spiro atoms. The Balaban J connectivity index is 2.05. The summed E-state index contributed by atoms with van der Waals surface area (Å²) in [4.78, 5) is 0. The number of hydrogen-bond acceptors (Lipinski definition) is 2. The highest BCUT2D eigenvalue weighted by molar-refractivity contribution is 5.03. The first-order valence-electron chi connectivity index (χ1n) is 8.10. The third-order valence-corrected chi connectivity index (χ3v) is 4.80. The van der Waals surface area contributed by atoms with Gasteiger partial charge in [-0.25, -0.2) is 0 Å². The Morgan fingerprint density at radius 2 is 2.15 bits per heavy atom. The minimum absolute atomic E-state index is 0.458. The Morgan fingerprint density at radius 3 is 2.75 bits per heavy atom. The summed E-state index contributed by atoms with van der Waals surface area (Å²) in [6, 6.07) is 2.66. The number of nitrogens with zero attached hydrogens (tertiary/aromatic N) is 2. The van der Waals surface area contributed by atoms with Crippen LogP contribution in [0.15, 0.2) is 12.3 Å². The average molecular weight is 277 g/mol. The van der Waals surface area contributed by atoms with E-state index in [2.05, 4.69) is 57.0 Å². The maximum atomic E-state index is 4.74. The molecule has 2 rings (SSSR count). The zero-order valence-corrected chi connectivity index (χ0v) is 13.8. The summed E-state index contributed by atoms with van der Waals surface area (Å²) < 4.78 is 2.08. The summed E-state index contributed by atoms with van der Waals surface area (Å²) in [7, 11) is 2.07. The van der Waals surface area contributed by atoms with E-state index in [0.29, 0.717) is 11.5 Å². The van der Waals surface area contributed by atoms with Crippen LogP contribution in [0.25, 0.3) is 0 Å². The molecule has 20 heavy (non-hydrogen) atoms. The van der Waals surface area contributed by atoms with Crippen LogP contribution < -0.4 is 5.32 Å². The van der Waals surface area contributed by atoms with Crippen LogP contribution in [-0.4, -0.2) is 23.4 Å². The molecule has 1 N–H and O–H groups in total. The van der Waals surface area contributed by atoms with Crippen molar-refractivity contribution in [1.82, 2.24) is 15.1 Å². The quantitative estimate of drug-likeness (QED) is 0.890. The van der Waals surface area contributed by atoms with Crippen molar-refractivity contribution in [2.24, 2.45) is 17.3 Å². The van der Waals surface area contributed by atoms with Gasteiger partial charge < -0.3 is 5.32 Å². The fourth-order valence-corrected chi connectivity index (χ4v) is 3.60. The first-order valence-corrected chi connectivity index (χ1v) is 8.10. The van der Waals surface area contributed by atoms with Crippen molar-refractivity contribution in [1.29, 1.82) is 0 Å². The Bertz CT molecular complexity index is 420. The van der Waals surface area contributed by atoms with Crippen molar-refractivity contribution in [2.45, 2.75) is 59.4 Å². The van der Waals surface area contributed by atoms with E-state index in [9.17, 15) is 0 Å². The maximum absolute atomic E-state index is 4.74. The SMILES string of the molecule is CNCC1CCC(C)(C)CC1Cc1ccn(C(C)C)n1. The fourth-order valence-electron chi connectivity index (χ4n) is 3.60. The molecule has 1 saturated carbocycles. The molecule has 1 aliphatic rings. The third-order valence-electron chi connectivity index (χ3n) is 4.80. The summed E-state index contributed by atoms with van der Waals surface area (Å²) >= 11 is 0. The van der Waals surface area contributed by atoms with Gasteiger partial charge in [-0.15, -0.1) is 0 Å². The Hall–Kier alpha value is -0.830. The second kappa shape index (κ2) is 6.30. The summed E-state index contributed by atoms with van der Waals surface area (Å²) in [5, 5.41) is 8.12. The van der Waals surface area contributed by atoms with E-state index in [4.69, 9.17) is 5.10 Å². The molecular formula is C17H31N3. The van der Waals surface area contributed by atoms with Gasteiger partial charge in [0.25, 0.3) is 0 Å². The molecule has 2 atom stereocenters. The molecule has 1 heterocycles. The predicted molar refractivity (Wildman–Crippen MR) is 84.9 cm³/mol. The molecule has 1 fully saturated rings. The molecule has 3 heteroatoms. The zero-order chi connectivity index (χ0) is 14.8. The predicted octanol–water partition coefficient (Wildman–Crippen LogP) is 3.67. The van der Waals surface area contributed by atoms with Crippen LogP contribution in [-0.2, 0) is 6.42 Å². The maximum Gasteiger partial charge on any atom is 0.0627 e. The Labute approximate surface area is 124 Å². The van der Waals surface area contributed by atoms with Crippen LogP contribution in [0.3, 0.4) is 0 Å². The smallest absolute Gasteiger partial charge is 0.0627 e. The van der Waals surface area contributed by atoms with Crippen LogP contribution in [0.2, 0.25) is 0 Å². The molecule has 1 aliphatic carbocycles. The van der Waals surface area contributed by atoms with Gasteiger partial charge in [0.05, 0.1) is 5.69 Å². The van der Waals surface area contributed by atoms with Gasteiger partial charge in [0.2, 0.25) is 0 Å².